The molecule has 0 aliphatic rings. The molecule has 6 rings (SSSR count). The van der Waals surface area contributed by atoms with Gasteiger partial charge in [0.15, 0.2) is 0 Å². The van der Waals surface area contributed by atoms with Gasteiger partial charge < -0.3 is 20.8 Å². The van der Waals surface area contributed by atoms with Crippen LogP contribution in [0.2, 0.25) is 0 Å². The number of halogens is 7. The molecule has 0 fully saturated rings. The van der Waals surface area contributed by atoms with Gasteiger partial charge in [0.1, 0.15) is 41.4 Å². The van der Waals surface area contributed by atoms with Gasteiger partial charge >= 0.3 is 18.1 Å². The summed E-state index contributed by atoms with van der Waals surface area (Å²) in [5.74, 6) is -6.99. The lowest BCUT2D eigenvalue weighted by Crippen LogP contribution is -2.43. The summed E-state index contributed by atoms with van der Waals surface area (Å²) >= 11 is 0. The fraction of sp³-hybridized carbons (Fsp3) is 0.208. The lowest BCUT2D eigenvalue weighted by molar-refractivity contribution is -0.139. The Bertz CT molecular complexity index is 2530. The zero-order chi connectivity index (χ0) is 48.3. The monoisotopic (exact) mass is 906 g/mol. The summed E-state index contributed by atoms with van der Waals surface area (Å²) in [5.41, 5.74) is 4.38. The average molecular weight is 907 g/mol. The molecule has 17 heteroatoms. The number of hydrogen-bond donors (Lipinski definition) is 4. The first-order valence-corrected chi connectivity index (χ1v) is 19.5. The zero-order valence-corrected chi connectivity index (χ0v) is 35.5. The highest BCUT2D eigenvalue weighted by atomic mass is 19.4. The van der Waals surface area contributed by atoms with Crippen LogP contribution in [0.5, 0.6) is 0 Å². The molecule has 4 N–H and O–H groups in total. The Balaban J connectivity index is 0.000000292. The Hall–Kier alpha value is -7.43. The second-order valence-corrected chi connectivity index (χ2v) is 14.3. The van der Waals surface area contributed by atoms with Crippen LogP contribution in [0.1, 0.15) is 66.3 Å². The predicted molar refractivity (Wildman–Crippen MR) is 228 cm³/mol. The van der Waals surface area contributed by atoms with Gasteiger partial charge in [0.05, 0.1) is 11.3 Å². The molecular formula is C48H45F7N4O6. The minimum Gasteiger partial charge on any atom is -0.480 e. The van der Waals surface area contributed by atoms with Gasteiger partial charge in [0.2, 0.25) is 6.41 Å². The van der Waals surface area contributed by atoms with Gasteiger partial charge in [-0.15, -0.1) is 0 Å². The van der Waals surface area contributed by atoms with Crippen LogP contribution in [-0.2, 0) is 39.8 Å². The first-order valence-electron chi connectivity index (χ1n) is 19.5. The standard InChI is InChI=1S/C24H19F5N2O3.C14H15N.C7H6F2.C3H5NO3/c1-13-8-16(24(27,28)29)19(30-12-13)10-14-4-2-5-15(9-14)11-20(23(33)34)31-22(32)21-17(25)6-3-7-18(21)26;1-11-5-3-7-13(9-11)10-14-12(2)6-4-8-15-14;1-5-6(8)3-2-4-7(5)9;5-2-4-1-3(6)7/h2-9,12,20H,10-11H2,1H3,(H,31,32)(H,33,34);3-9H,10H2,1-2H3;2-4H,1H3;2H,1H2,(H,4,5)(H,6,7). The summed E-state index contributed by atoms with van der Waals surface area (Å²) in [5, 5.41) is 21.4. The summed E-state index contributed by atoms with van der Waals surface area (Å²) in [4.78, 5) is 51.1. The summed E-state index contributed by atoms with van der Waals surface area (Å²) in [6.07, 6.45) is -0.564. The number of pyridine rings is 2. The number of carbonyl (C=O) groups excluding carboxylic acids is 2. The molecule has 0 radical (unpaired) electrons. The van der Waals surface area contributed by atoms with Crippen LogP contribution >= 0.6 is 0 Å². The number of nitrogens with one attached hydrogen (secondary N) is 2. The number of carbonyl (C=O) groups is 4. The number of aromatic nitrogens is 2. The van der Waals surface area contributed by atoms with Crippen molar-refractivity contribution in [3.8, 4) is 0 Å². The Morgan fingerprint density at radius 2 is 1.23 bits per heavy atom. The molecule has 342 valence electrons. The molecule has 0 aliphatic heterocycles. The van der Waals surface area contributed by atoms with E-state index in [1.165, 1.54) is 78.8 Å². The molecule has 6 aromatic rings. The van der Waals surface area contributed by atoms with E-state index in [1.807, 2.05) is 17.6 Å². The highest BCUT2D eigenvalue weighted by molar-refractivity contribution is 5.97. The number of carboxylic acids is 2. The number of aliphatic carboxylic acids is 2. The summed E-state index contributed by atoms with van der Waals surface area (Å²) < 4.78 is 92.5. The first-order chi connectivity index (χ1) is 30.7. The molecule has 2 aromatic heterocycles. The molecule has 2 heterocycles. The van der Waals surface area contributed by atoms with E-state index < -0.39 is 64.5 Å². The van der Waals surface area contributed by atoms with Crippen molar-refractivity contribution in [1.29, 1.82) is 0 Å². The Morgan fingerprint density at radius 1 is 0.677 bits per heavy atom. The Labute approximate surface area is 370 Å². The number of carboxylic acid groups (broad SMARTS) is 2. The van der Waals surface area contributed by atoms with E-state index in [9.17, 15) is 55.0 Å². The molecule has 2 amide bonds. The van der Waals surface area contributed by atoms with E-state index in [4.69, 9.17) is 5.11 Å². The average Bonchev–Trinajstić information content (AvgIpc) is 3.24. The van der Waals surface area contributed by atoms with E-state index in [0.29, 0.717) is 23.1 Å². The fourth-order valence-corrected chi connectivity index (χ4v) is 5.85. The number of aryl methyl sites for hydroxylation is 3. The SMILES string of the molecule is Cc1c(F)cccc1F.Cc1cccc(Cc2ncccc2C)c1.Cc1cnc(Cc2cccc(CC(NC(=O)c3c(F)cccc3F)C(=O)O)c2)c(C(F)(F)F)c1.O=CNCC(=O)O. The van der Waals surface area contributed by atoms with Gasteiger partial charge in [-0.1, -0.05) is 72.3 Å². The van der Waals surface area contributed by atoms with E-state index in [2.05, 4.69) is 59.5 Å². The maximum absolute atomic E-state index is 13.8. The maximum atomic E-state index is 13.8. The number of hydrogen-bond acceptors (Lipinski definition) is 6. The molecule has 1 unspecified atom stereocenters. The van der Waals surface area contributed by atoms with Crippen molar-refractivity contribution in [1.82, 2.24) is 20.6 Å². The third kappa shape index (κ3) is 17.3. The second-order valence-electron chi connectivity index (χ2n) is 14.3. The first kappa shape index (κ1) is 51.9. The van der Waals surface area contributed by atoms with Crippen LogP contribution < -0.4 is 10.6 Å². The molecule has 1 atom stereocenters. The van der Waals surface area contributed by atoms with Gasteiger partial charge in [-0.3, -0.25) is 24.4 Å². The molecule has 10 nitrogen and oxygen atoms in total. The van der Waals surface area contributed by atoms with Crippen LogP contribution in [0.4, 0.5) is 30.7 Å². The molecule has 4 aromatic carbocycles. The molecular weight excluding hydrogens is 862 g/mol. The van der Waals surface area contributed by atoms with Crippen LogP contribution in [0.25, 0.3) is 0 Å². The number of rotatable bonds is 12. The summed E-state index contributed by atoms with van der Waals surface area (Å²) in [6, 6.07) is 24.9. The molecule has 0 aliphatic carbocycles. The maximum Gasteiger partial charge on any atom is 0.418 e. The van der Waals surface area contributed by atoms with E-state index in [-0.39, 0.29) is 30.6 Å². The van der Waals surface area contributed by atoms with Crippen molar-refractivity contribution in [2.24, 2.45) is 0 Å². The molecule has 0 spiro atoms. The predicted octanol–water partition coefficient (Wildman–Crippen LogP) is 9.08. The number of nitrogens with zero attached hydrogens (tertiary/aromatic N) is 2. The summed E-state index contributed by atoms with van der Waals surface area (Å²) in [7, 11) is 0. The second kappa shape index (κ2) is 25.0. The minimum absolute atomic E-state index is 0.0810. The third-order valence-corrected chi connectivity index (χ3v) is 9.12. The van der Waals surface area contributed by atoms with Gasteiger partial charge in [0.25, 0.3) is 5.91 Å². The highest BCUT2D eigenvalue weighted by Gasteiger charge is 2.34. The summed E-state index contributed by atoms with van der Waals surface area (Å²) in [6.45, 7) is 6.83. The lowest BCUT2D eigenvalue weighted by atomic mass is 9.99. The molecule has 0 bridgehead atoms. The number of alkyl halides is 3. The van der Waals surface area contributed by atoms with Crippen molar-refractivity contribution in [2.75, 3.05) is 6.54 Å². The third-order valence-electron chi connectivity index (χ3n) is 9.12. The van der Waals surface area contributed by atoms with Gasteiger partial charge in [-0.05, 0) is 91.9 Å². The topological polar surface area (TPSA) is 159 Å². The highest BCUT2D eigenvalue weighted by Crippen LogP contribution is 2.33. The van der Waals surface area contributed by atoms with E-state index in [1.54, 1.807) is 6.07 Å². The Morgan fingerprint density at radius 3 is 1.75 bits per heavy atom. The van der Waals surface area contributed by atoms with E-state index >= 15 is 0 Å². The van der Waals surface area contributed by atoms with E-state index in [0.717, 1.165) is 30.7 Å². The van der Waals surface area contributed by atoms with Crippen molar-refractivity contribution in [3.63, 3.8) is 0 Å². The molecule has 65 heavy (non-hydrogen) atoms. The zero-order valence-electron chi connectivity index (χ0n) is 35.5. The van der Waals surface area contributed by atoms with Crippen LogP contribution in [0, 0.1) is 51.0 Å². The van der Waals surface area contributed by atoms with Crippen LogP contribution in [0.15, 0.2) is 116 Å². The molecule has 0 saturated heterocycles. The van der Waals surface area contributed by atoms with Crippen molar-refractivity contribution >= 4 is 24.3 Å². The Kier molecular flexibility index (Phi) is 20.0. The molecule has 0 saturated carbocycles. The quantitative estimate of drug-likeness (QED) is 0.0700. The number of amides is 2. The van der Waals surface area contributed by atoms with Gasteiger partial charge in [-0.2, -0.15) is 13.2 Å². The fourth-order valence-electron chi connectivity index (χ4n) is 5.85. The largest absolute Gasteiger partial charge is 0.480 e. The van der Waals surface area contributed by atoms with Gasteiger partial charge in [-0.25, -0.2) is 22.4 Å². The van der Waals surface area contributed by atoms with Crippen LogP contribution in [-0.4, -0.2) is 57.0 Å². The van der Waals surface area contributed by atoms with Gasteiger partial charge in [0, 0.05) is 42.9 Å². The van der Waals surface area contributed by atoms with Crippen molar-refractivity contribution in [2.45, 2.75) is 59.2 Å². The number of benzene rings is 4. The van der Waals surface area contributed by atoms with Crippen molar-refractivity contribution in [3.05, 3.63) is 200 Å². The smallest absolute Gasteiger partial charge is 0.418 e. The lowest BCUT2D eigenvalue weighted by Gasteiger charge is -2.16. The normalized spacial score (nSPS) is 10.9. The van der Waals surface area contributed by atoms with Crippen molar-refractivity contribution < 1.29 is 60.1 Å². The van der Waals surface area contributed by atoms with Crippen LogP contribution in [0.3, 0.4) is 0 Å². The minimum atomic E-state index is -4.59.